The molecule has 0 radical (unpaired) electrons. The molecule has 0 amide bonds. The van der Waals surface area contributed by atoms with Gasteiger partial charge in [-0.1, -0.05) is 5.16 Å². The number of nitrogens with two attached hydrogens (primary N) is 1. The van der Waals surface area contributed by atoms with Crippen LogP contribution in [0, 0.1) is 11.3 Å². The Morgan fingerprint density at radius 3 is 2.59 bits per heavy atom. The molecule has 3 aliphatic rings. The molecule has 3 N–H and O–H groups in total. The average molecular weight is 548 g/mol. The van der Waals surface area contributed by atoms with Crippen molar-refractivity contribution in [3.8, 4) is 17.6 Å². The average Bonchev–Trinajstić information content (AvgIpc) is 3.59. The molecule has 39 heavy (non-hydrogen) atoms. The van der Waals surface area contributed by atoms with Gasteiger partial charge in [0.2, 0.25) is 11.7 Å². The van der Waals surface area contributed by atoms with E-state index in [1.54, 1.807) is 0 Å². The van der Waals surface area contributed by atoms with E-state index in [-0.39, 0.29) is 0 Å². The van der Waals surface area contributed by atoms with Gasteiger partial charge >= 0.3 is 0 Å². The zero-order chi connectivity index (χ0) is 27.1. The van der Waals surface area contributed by atoms with Crippen molar-refractivity contribution in [2.75, 3.05) is 67.9 Å². The van der Waals surface area contributed by atoms with Crippen LogP contribution in [0.15, 0.2) is 16.7 Å². The van der Waals surface area contributed by atoms with E-state index < -0.39 is 5.41 Å². The van der Waals surface area contributed by atoms with Gasteiger partial charge in [-0.2, -0.15) is 10.2 Å². The zero-order valence-corrected chi connectivity index (χ0v) is 23.9. The Morgan fingerprint density at radius 1 is 1.10 bits per heavy atom. The molecule has 11 heteroatoms. The van der Waals surface area contributed by atoms with Gasteiger partial charge < -0.3 is 25.4 Å². The maximum absolute atomic E-state index is 9.86. The van der Waals surface area contributed by atoms with Gasteiger partial charge in [0.15, 0.2) is 0 Å². The summed E-state index contributed by atoms with van der Waals surface area (Å²) in [5.74, 6) is 1.97. The first-order chi connectivity index (χ1) is 18.9. The van der Waals surface area contributed by atoms with Crippen molar-refractivity contribution in [3.05, 3.63) is 34.0 Å². The number of nitrogens with zero attached hydrogens (tertiary/aromatic N) is 7. The van der Waals surface area contributed by atoms with Crippen LogP contribution in [0.3, 0.4) is 0 Å². The van der Waals surface area contributed by atoms with Crippen molar-refractivity contribution in [1.82, 2.24) is 25.3 Å². The molecule has 2 aliphatic heterocycles. The van der Waals surface area contributed by atoms with E-state index in [0.29, 0.717) is 34.0 Å². The number of aryl methyl sites for hydroxylation is 1. The summed E-state index contributed by atoms with van der Waals surface area (Å²) in [6.45, 7) is 14.3. The second-order valence-electron chi connectivity index (χ2n) is 11.3. The second kappa shape index (κ2) is 10.4. The van der Waals surface area contributed by atoms with Gasteiger partial charge in [-0.25, -0.2) is 4.98 Å². The molecule has 1 atom stereocenters. The van der Waals surface area contributed by atoms with Gasteiger partial charge in [0.1, 0.15) is 22.6 Å². The molecule has 3 aromatic rings. The van der Waals surface area contributed by atoms with Crippen molar-refractivity contribution < 1.29 is 4.52 Å². The summed E-state index contributed by atoms with van der Waals surface area (Å²) in [6, 6.07) is 7.17. The van der Waals surface area contributed by atoms with Crippen molar-refractivity contribution in [1.29, 1.82) is 5.26 Å². The molecule has 3 aromatic heterocycles. The number of aromatic nitrogens is 3. The van der Waals surface area contributed by atoms with E-state index >= 15 is 0 Å². The number of nitriles is 1. The molecule has 5 heterocycles. The summed E-state index contributed by atoms with van der Waals surface area (Å²) in [6.07, 6.45) is 2.73. The van der Waals surface area contributed by atoms with Crippen LogP contribution < -0.4 is 20.9 Å². The molecule has 1 unspecified atom stereocenters. The largest absolute Gasteiger partial charge is 0.389 e. The summed E-state index contributed by atoms with van der Waals surface area (Å²) < 4.78 is 5.95. The van der Waals surface area contributed by atoms with Gasteiger partial charge in [-0.05, 0) is 46.1 Å². The Labute approximate surface area is 233 Å². The lowest BCUT2D eigenvalue weighted by Gasteiger charge is -2.38. The molecule has 0 aromatic carbocycles. The van der Waals surface area contributed by atoms with Gasteiger partial charge in [-0.15, -0.1) is 11.3 Å². The lowest BCUT2D eigenvalue weighted by Crippen LogP contribution is -2.49. The normalized spacial score (nSPS) is 22.2. The van der Waals surface area contributed by atoms with Crippen LogP contribution in [0.5, 0.6) is 0 Å². The second-order valence-corrected chi connectivity index (χ2v) is 12.4. The van der Waals surface area contributed by atoms with Crippen molar-refractivity contribution in [2.45, 2.75) is 51.5 Å². The Bertz CT molecular complexity index is 1380. The quantitative estimate of drug-likeness (QED) is 0.492. The lowest BCUT2D eigenvalue weighted by atomic mass is 9.72. The molecule has 0 bridgehead atoms. The van der Waals surface area contributed by atoms with E-state index in [9.17, 15) is 5.26 Å². The molecule has 2 fully saturated rings. The highest BCUT2D eigenvalue weighted by Gasteiger charge is 2.43. The summed E-state index contributed by atoms with van der Waals surface area (Å²) >= 11 is 1.51. The topological polar surface area (TPSA) is 123 Å². The molecule has 0 saturated carbocycles. The molecule has 206 valence electrons. The van der Waals surface area contributed by atoms with Crippen LogP contribution in [-0.2, 0) is 11.8 Å². The van der Waals surface area contributed by atoms with Gasteiger partial charge in [0.05, 0.1) is 11.0 Å². The summed E-state index contributed by atoms with van der Waals surface area (Å²) in [5, 5.41) is 18.3. The first-order valence-electron chi connectivity index (χ1n) is 14.0. The summed E-state index contributed by atoms with van der Waals surface area (Å²) in [7, 11) is 0. The predicted molar refractivity (Wildman–Crippen MR) is 154 cm³/mol. The molecule has 6 rings (SSSR count). The first kappa shape index (κ1) is 26.0. The Morgan fingerprint density at radius 2 is 1.87 bits per heavy atom. The monoisotopic (exact) mass is 547 g/mol. The number of nitrogen functional groups attached to an aromatic ring is 1. The highest BCUT2D eigenvalue weighted by atomic mass is 32.1. The first-order valence-corrected chi connectivity index (χ1v) is 14.8. The van der Waals surface area contributed by atoms with Gasteiger partial charge in [0.25, 0.3) is 0 Å². The lowest BCUT2D eigenvalue weighted by molar-refractivity contribution is 0.209. The van der Waals surface area contributed by atoms with Crippen molar-refractivity contribution >= 4 is 27.8 Å². The standard InChI is InChI=1S/C28H37N9OS/c1-18(2)35-11-13-37(14-12-35)23-16-19(36-9-7-31-8-10-36)15-21(32-23)26-33-27(38-34-26)28(3)6-4-5-22-24(28)20(17-29)25(30)39-22/h15-16,18,31H,4-14,30H2,1-3H3. The van der Waals surface area contributed by atoms with Crippen LogP contribution >= 0.6 is 11.3 Å². The fourth-order valence-electron chi connectivity index (χ4n) is 6.21. The minimum atomic E-state index is -0.551. The number of anilines is 3. The maximum Gasteiger partial charge on any atom is 0.237 e. The van der Waals surface area contributed by atoms with Gasteiger partial charge in [0, 0.05) is 80.6 Å². The third-order valence-electron chi connectivity index (χ3n) is 8.53. The highest BCUT2D eigenvalue weighted by molar-refractivity contribution is 7.16. The highest BCUT2D eigenvalue weighted by Crippen LogP contribution is 2.48. The molecular weight excluding hydrogens is 510 g/mol. The van der Waals surface area contributed by atoms with E-state index in [1.807, 2.05) is 0 Å². The molecule has 2 saturated heterocycles. The molecular formula is C28H37N9OS. The number of thiophene rings is 1. The van der Waals surface area contributed by atoms with Crippen LogP contribution in [0.2, 0.25) is 0 Å². The number of pyridine rings is 1. The zero-order valence-electron chi connectivity index (χ0n) is 23.0. The Hall–Kier alpha value is -3.20. The van der Waals surface area contributed by atoms with E-state index in [4.69, 9.17) is 20.2 Å². The minimum absolute atomic E-state index is 0.485. The van der Waals surface area contributed by atoms with Crippen LogP contribution in [0.4, 0.5) is 16.5 Å². The number of fused-ring (bicyclic) bond motifs is 1. The SMILES string of the molecule is CC(C)N1CCN(c2cc(N3CCNCC3)cc(-c3noc(C4(C)CCCc5sc(N)c(C#N)c54)n3)n2)CC1. The Balaban J connectivity index is 1.36. The Kier molecular flexibility index (Phi) is 6.95. The smallest absolute Gasteiger partial charge is 0.237 e. The number of nitrogens with one attached hydrogen (secondary N) is 1. The minimum Gasteiger partial charge on any atom is -0.389 e. The number of piperazine rings is 2. The third-order valence-corrected chi connectivity index (χ3v) is 9.61. The number of rotatable bonds is 5. The maximum atomic E-state index is 9.86. The van der Waals surface area contributed by atoms with E-state index in [1.165, 1.54) is 11.3 Å². The fraction of sp³-hybridized carbons (Fsp3) is 0.571. The summed E-state index contributed by atoms with van der Waals surface area (Å²) in [5.41, 5.74) is 9.04. The number of hydrogen-bond acceptors (Lipinski definition) is 11. The van der Waals surface area contributed by atoms with Crippen molar-refractivity contribution in [3.63, 3.8) is 0 Å². The van der Waals surface area contributed by atoms with E-state index in [2.05, 4.69) is 64.1 Å². The molecule has 1 aliphatic carbocycles. The van der Waals surface area contributed by atoms with Gasteiger partial charge in [-0.3, -0.25) is 4.90 Å². The van der Waals surface area contributed by atoms with Crippen LogP contribution in [0.25, 0.3) is 11.5 Å². The fourth-order valence-corrected chi connectivity index (χ4v) is 7.40. The summed E-state index contributed by atoms with van der Waals surface area (Å²) in [4.78, 5) is 18.4. The molecule has 10 nitrogen and oxygen atoms in total. The van der Waals surface area contributed by atoms with Crippen LogP contribution in [-0.4, -0.2) is 78.4 Å². The van der Waals surface area contributed by atoms with Crippen molar-refractivity contribution in [2.24, 2.45) is 0 Å². The van der Waals surface area contributed by atoms with E-state index in [0.717, 1.165) is 93.6 Å². The molecule has 0 spiro atoms. The number of hydrogen-bond donors (Lipinski definition) is 2. The predicted octanol–water partition coefficient (Wildman–Crippen LogP) is 3.23. The van der Waals surface area contributed by atoms with Crippen LogP contribution in [0.1, 0.15) is 55.5 Å². The third kappa shape index (κ3) is 4.75.